The number of thiol groups is 2. The van der Waals surface area contributed by atoms with Crippen LogP contribution in [0.3, 0.4) is 0 Å². The van der Waals surface area contributed by atoms with Gasteiger partial charge in [0.15, 0.2) is 0 Å². The molecule has 0 saturated carbocycles. The molecule has 0 aromatic carbocycles. The maximum atomic E-state index is 10.2. The Morgan fingerprint density at radius 1 is 1.33 bits per heavy atom. The summed E-state index contributed by atoms with van der Waals surface area (Å²) in [6.45, 7) is 0. The van der Waals surface area contributed by atoms with E-state index < -0.39 is 33.7 Å². The van der Waals surface area contributed by atoms with Gasteiger partial charge in [0, 0.05) is 0 Å². The molecule has 84 valence electrons. The van der Waals surface area contributed by atoms with E-state index in [1.807, 2.05) is 0 Å². The fourth-order valence-electron chi connectivity index (χ4n) is 0.469. The van der Waals surface area contributed by atoms with E-state index in [4.69, 9.17) is 9.66 Å². The van der Waals surface area contributed by atoms with Gasteiger partial charge in [-0.15, -0.1) is 23.3 Å². The molecule has 0 fully saturated rings. The van der Waals surface area contributed by atoms with Crippen molar-refractivity contribution in [2.45, 2.75) is 11.7 Å². The Hall–Kier alpha value is 0.550. The predicted molar refractivity (Wildman–Crippen MR) is 50.6 cm³/mol. The Labute approximate surface area is 119 Å². The Balaban J connectivity index is -0.000000449. The molecule has 7 nitrogen and oxygen atoms in total. The molecule has 0 saturated heterocycles. The quantitative estimate of drug-likeness (QED) is 0.176. The molecular formula is C4H7NaO7S3. The number of carbonyl (C=O) groups excluding carboxylic acids is 1. The fraction of sp³-hybridized carbons (Fsp3) is 0.500. The third kappa shape index (κ3) is 10.8. The zero-order valence-electron chi connectivity index (χ0n) is 7.52. The van der Waals surface area contributed by atoms with Crippen LogP contribution in [0.1, 0.15) is 6.42 Å². The van der Waals surface area contributed by atoms with E-state index >= 15 is 0 Å². The molecule has 0 aliphatic heterocycles. The van der Waals surface area contributed by atoms with E-state index in [0.717, 1.165) is 0 Å². The summed E-state index contributed by atoms with van der Waals surface area (Å²) in [5, 5.41) is 15.6. The third-order valence-electron chi connectivity index (χ3n) is 0.982. The summed E-state index contributed by atoms with van der Waals surface area (Å²) in [5.74, 6) is -3.79. The summed E-state index contributed by atoms with van der Waals surface area (Å²) in [5.41, 5.74) is 0. The maximum absolute atomic E-state index is 10.2. The van der Waals surface area contributed by atoms with Crippen molar-refractivity contribution < 1.29 is 62.3 Å². The zero-order valence-corrected chi connectivity index (χ0v) is 12.1. The number of hydrogen-bond acceptors (Lipinski definition) is 7. The van der Waals surface area contributed by atoms with Crippen molar-refractivity contribution in [1.82, 2.24) is 0 Å². The summed E-state index contributed by atoms with van der Waals surface area (Å²) in [6, 6.07) is 0. The fourth-order valence-corrected chi connectivity index (χ4v) is 1.07. The smallest absolute Gasteiger partial charge is 0.549 e. The van der Waals surface area contributed by atoms with Gasteiger partial charge in [0.2, 0.25) is 0 Å². The van der Waals surface area contributed by atoms with Gasteiger partial charge in [-0.3, -0.25) is 9.35 Å². The Kier molecular flexibility index (Phi) is 13.6. The zero-order chi connectivity index (χ0) is 11.9. The number of rotatable bonds is 4. The Bertz CT molecular complexity index is 299. The van der Waals surface area contributed by atoms with Gasteiger partial charge in [0.1, 0.15) is 5.25 Å². The first-order chi connectivity index (χ1) is 6.25. The van der Waals surface area contributed by atoms with E-state index in [0.29, 0.717) is 0 Å². The van der Waals surface area contributed by atoms with E-state index in [1.165, 1.54) is 0 Å². The second-order valence-corrected chi connectivity index (χ2v) is 3.52. The van der Waals surface area contributed by atoms with Crippen molar-refractivity contribution >= 4 is 45.4 Å². The van der Waals surface area contributed by atoms with Gasteiger partial charge in [-0.1, -0.05) is 0 Å². The van der Waals surface area contributed by atoms with Gasteiger partial charge in [0.05, 0.1) is 12.4 Å². The summed E-state index contributed by atoms with van der Waals surface area (Å²) in [4.78, 5) is 19.9. The van der Waals surface area contributed by atoms with Gasteiger partial charge < -0.3 is 15.0 Å². The minimum atomic E-state index is -4.90. The molecule has 1 unspecified atom stereocenters. The third-order valence-corrected chi connectivity index (χ3v) is 2.06. The molecule has 0 aromatic rings. The standard InChI is InChI=1S/C4H6O7S.Na.H2S2/c5-3(6)1-2(4(7)8)12(9,10)11;;1-2/h2H,1H2,(H,5,6)(H,7,8)(H,9,10,11);;1-2H/q;+1;/p-1. The van der Waals surface area contributed by atoms with E-state index in [-0.39, 0.29) is 29.6 Å². The number of hydrogen-bond donors (Lipinski definition) is 4. The van der Waals surface area contributed by atoms with Crippen LogP contribution in [-0.4, -0.2) is 35.3 Å². The molecule has 0 heterocycles. The summed E-state index contributed by atoms with van der Waals surface area (Å²) >= 11 is 6.44. The van der Waals surface area contributed by atoms with Gasteiger partial charge in [0.25, 0.3) is 10.1 Å². The molecular weight excluding hydrogens is 279 g/mol. The first-order valence-corrected chi connectivity index (χ1v) is 5.94. The largest absolute Gasteiger partial charge is 1.00 e. The number of aliphatic carboxylic acids is 2. The molecule has 0 radical (unpaired) electrons. The van der Waals surface area contributed by atoms with Crippen LogP contribution in [0.2, 0.25) is 0 Å². The van der Waals surface area contributed by atoms with Crippen LogP contribution in [0, 0.1) is 0 Å². The van der Waals surface area contributed by atoms with Gasteiger partial charge in [-0.2, -0.15) is 8.42 Å². The number of carbonyl (C=O) groups is 2. The second kappa shape index (κ2) is 9.75. The van der Waals surface area contributed by atoms with Gasteiger partial charge in [-0.05, 0) is 0 Å². The molecule has 0 bridgehead atoms. The van der Waals surface area contributed by atoms with Crippen molar-refractivity contribution in [1.29, 1.82) is 0 Å². The SMILES string of the molecule is O=C(O)CC(C(=O)[O-])S(=O)(=O)O.SS.[Na+]. The summed E-state index contributed by atoms with van der Waals surface area (Å²) < 4.78 is 28.5. The Morgan fingerprint density at radius 3 is 1.73 bits per heavy atom. The normalized spacial score (nSPS) is 11.4. The predicted octanol–water partition coefficient (Wildman–Crippen LogP) is -4.77. The van der Waals surface area contributed by atoms with Gasteiger partial charge in [-0.25, -0.2) is 0 Å². The van der Waals surface area contributed by atoms with Crippen LogP contribution < -0.4 is 34.7 Å². The molecule has 0 rings (SSSR count). The number of carboxylic acid groups (broad SMARTS) is 2. The van der Waals surface area contributed by atoms with Crippen molar-refractivity contribution in [3.8, 4) is 0 Å². The average Bonchev–Trinajstić information content (AvgIpc) is 2.01. The van der Waals surface area contributed by atoms with Crippen LogP contribution in [-0.2, 0) is 19.7 Å². The van der Waals surface area contributed by atoms with Crippen molar-refractivity contribution in [2.24, 2.45) is 0 Å². The van der Waals surface area contributed by atoms with Gasteiger partial charge >= 0.3 is 35.5 Å². The minimum absolute atomic E-state index is 0. The number of carboxylic acids is 2. The monoisotopic (exact) mass is 286 g/mol. The van der Waals surface area contributed by atoms with E-state index in [1.54, 1.807) is 0 Å². The Morgan fingerprint density at radius 2 is 1.67 bits per heavy atom. The minimum Gasteiger partial charge on any atom is -0.549 e. The molecule has 0 aromatic heterocycles. The van der Waals surface area contributed by atoms with E-state index in [9.17, 15) is 23.1 Å². The summed E-state index contributed by atoms with van der Waals surface area (Å²) in [7, 11) is -4.90. The first-order valence-electron chi connectivity index (χ1n) is 2.84. The molecule has 1 atom stereocenters. The van der Waals surface area contributed by atoms with Crippen LogP contribution in [0.25, 0.3) is 0 Å². The van der Waals surface area contributed by atoms with Crippen LogP contribution in [0.5, 0.6) is 0 Å². The molecule has 0 aliphatic rings. The maximum Gasteiger partial charge on any atom is 1.00 e. The van der Waals surface area contributed by atoms with Crippen LogP contribution in [0.15, 0.2) is 0 Å². The van der Waals surface area contributed by atoms with Crippen molar-refractivity contribution in [2.75, 3.05) is 0 Å². The van der Waals surface area contributed by atoms with Crippen molar-refractivity contribution in [3.05, 3.63) is 0 Å². The molecule has 0 spiro atoms. The van der Waals surface area contributed by atoms with E-state index in [2.05, 4.69) is 23.3 Å². The van der Waals surface area contributed by atoms with Crippen molar-refractivity contribution in [3.63, 3.8) is 0 Å². The van der Waals surface area contributed by atoms with Crippen LogP contribution in [0.4, 0.5) is 0 Å². The molecule has 15 heavy (non-hydrogen) atoms. The molecule has 11 heteroatoms. The van der Waals surface area contributed by atoms with Crippen LogP contribution >= 0.6 is 23.3 Å². The average molecular weight is 286 g/mol. The molecule has 0 aliphatic carbocycles. The summed E-state index contributed by atoms with van der Waals surface area (Å²) in [6.07, 6.45) is -1.22. The molecule has 0 amide bonds. The first kappa shape index (κ1) is 20.9. The molecule has 2 N–H and O–H groups in total. The topological polar surface area (TPSA) is 132 Å². The second-order valence-electron chi connectivity index (χ2n) is 1.92.